The van der Waals surface area contributed by atoms with E-state index in [2.05, 4.69) is 26.1 Å². The van der Waals surface area contributed by atoms with E-state index in [1.807, 2.05) is 0 Å². The SMILES string of the molecule is CCC(C)(C)NCCCCCCCCN. The summed E-state index contributed by atoms with van der Waals surface area (Å²) in [5, 5.41) is 3.59. The molecule has 0 unspecified atom stereocenters. The third-order valence-corrected chi connectivity index (χ3v) is 3.12. The quantitative estimate of drug-likeness (QED) is 0.549. The van der Waals surface area contributed by atoms with E-state index in [1.165, 1.54) is 44.9 Å². The molecule has 0 fully saturated rings. The summed E-state index contributed by atoms with van der Waals surface area (Å²) in [5.41, 5.74) is 5.76. The minimum absolute atomic E-state index is 0.319. The van der Waals surface area contributed by atoms with E-state index in [-0.39, 0.29) is 0 Å². The molecule has 92 valence electrons. The van der Waals surface area contributed by atoms with Gasteiger partial charge in [-0.15, -0.1) is 0 Å². The Balaban J connectivity index is 3.11. The van der Waals surface area contributed by atoms with Gasteiger partial charge >= 0.3 is 0 Å². The summed E-state index contributed by atoms with van der Waals surface area (Å²) in [4.78, 5) is 0. The largest absolute Gasteiger partial charge is 0.330 e. The first-order chi connectivity index (χ1) is 7.12. The van der Waals surface area contributed by atoms with Crippen molar-refractivity contribution in [1.29, 1.82) is 0 Å². The third-order valence-electron chi connectivity index (χ3n) is 3.12. The molecule has 0 aromatic carbocycles. The van der Waals surface area contributed by atoms with Crippen molar-refractivity contribution in [2.45, 2.75) is 71.3 Å². The van der Waals surface area contributed by atoms with Crippen LogP contribution in [-0.4, -0.2) is 18.6 Å². The predicted molar refractivity (Wildman–Crippen MR) is 69.1 cm³/mol. The van der Waals surface area contributed by atoms with Crippen LogP contribution in [0.25, 0.3) is 0 Å². The number of hydrogen-bond donors (Lipinski definition) is 2. The van der Waals surface area contributed by atoms with E-state index in [0.717, 1.165) is 13.1 Å². The Morgan fingerprint density at radius 1 is 0.933 bits per heavy atom. The zero-order valence-corrected chi connectivity index (χ0v) is 10.9. The Hall–Kier alpha value is -0.0800. The highest BCUT2D eigenvalue weighted by Crippen LogP contribution is 2.08. The maximum Gasteiger partial charge on any atom is 0.0122 e. The van der Waals surface area contributed by atoms with Gasteiger partial charge in [-0.25, -0.2) is 0 Å². The summed E-state index contributed by atoms with van der Waals surface area (Å²) in [6.07, 6.45) is 9.10. The number of unbranched alkanes of at least 4 members (excludes halogenated alkanes) is 5. The fourth-order valence-electron chi connectivity index (χ4n) is 1.53. The first-order valence-electron chi connectivity index (χ1n) is 6.57. The van der Waals surface area contributed by atoms with Gasteiger partial charge in [0.25, 0.3) is 0 Å². The number of nitrogens with two attached hydrogens (primary N) is 1. The highest BCUT2D eigenvalue weighted by atomic mass is 14.9. The molecule has 0 spiro atoms. The monoisotopic (exact) mass is 214 g/mol. The summed E-state index contributed by atoms with van der Waals surface area (Å²) in [6.45, 7) is 8.80. The van der Waals surface area contributed by atoms with Crippen LogP contribution in [-0.2, 0) is 0 Å². The van der Waals surface area contributed by atoms with Crippen LogP contribution >= 0.6 is 0 Å². The summed E-state index contributed by atoms with van der Waals surface area (Å²) in [7, 11) is 0. The fraction of sp³-hybridized carbons (Fsp3) is 1.00. The second kappa shape index (κ2) is 9.17. The van der Waals surface area contributed by atoms with Crippen molar-refractivity contribution in [1.82, 2.24) is 5.32 Å². The molecule has 0 atom stereocenters. The molecule has 0 bridgehead atoms. The molecule has 0 amide bonds. The summed E-state index contributed by atoms with van der Waals surface area (Å²) in [5.74, 6) is 0. The molecule has 2 heteroatoms. The molecule has 3 N–H and O–H groups in total. The predicted octanol–water partition coefficient (Wildman–Crippen LogP) is 3.06. The molecule has 0 aliphatic heterocycles. The maximum atomic E-state index is 5.44. The smallest absolute Gasteiger partial charge is 0.0122 e. The van der Waals surface area contributed by atoms with Gasteiger partial charge in [0, 0.05) is 5.54 Å². The van der Waals surface area contributed by atoms with E-state index in [4.69, 9.17) is 5.73 Å². The van der Waals surface area contributed by atoms with Gasteiger partial charge in [0.15, 0.2) is 0 Å². The second-order valence-corrected chi connectivity index (χ2v) is 5.07. The van der Waals surface area contributed by atoms with E-state index < -0.39 is 0 Å². The van der Waals surface area contributed by atoms with Crippen LogP contribution in [0, 0.1) is 0 Å². The minimum Gasteiger partial charge on any atom is -0.330 e. The molecule has 0 aromatic rings. The van der Waals surface area contributed by atoms with Crippen molar-refractivity contribution in [3.05, 3.63) is 0 Å². The highest BCUT2D eigenvalue weighted by molar-refractivity contribution is 4.74. The van der Waals surface area contributed by atoms with Gasteiger partial charge < -0.3 is 11.1 Å². The molecule has 0 aromatic heterocycles. The van der Waals surface area contributed by atoms with Crippen LogP contribution in [0.5, 0.6) is 0 Å². The Kier molecular flexibility index (Phi) is 9.12. The number of hydrogen-bond acceptors (Lipinski definition) is 2. The molecule has 0 aliphatic rings. The Morgan fingerprint density at radius 3 is 2.00 bits per heavy atom. The van der Waals surface area contributed by atoms with E-state index in [9.17, 15) is 0 Å². The first kappa shape index (κ1) is 14.9. The highest BCUT2D eigenvalue weighted by Gasteiger charge is 2.12. The molecule has 0 saturated carbocycles. The van der Waals surface area contributed by atoms with Gasteiger partial charge in [-0.2, -0.15) is 0 Å². The number of rotatable bonds is 10. The number of nitrogens with one attached hydrogen (secondary N) is 1. The van der Waals surface area contributed by atoms with Gasteiger partial charge in [-0.05, 0) is 46.2 Å². The van der Waals surface area contributed by atoms with E-state index in [0.29, 0.717) is 5.54 Å². The zero-order valence-electron chi connectivity index (χ0n) is 10.9. The van der Waals surface area contributed by atoms with Crippen LogP contribution in [0.15, 0.2) is 0 Å². The lowest BCUT2D eigenvalue weighted by atomic mass is 10.0. The molecule has 15 heavy (non-hydrogen) atoms. The van der Waals surface area contributed by atoms with Crippen LogP contribution in [0.1, 0.15) is 65.7 Å². The lowest BCUT2D eigenvalue weighted by molar-refractivity contribution is 0.370. The van der Waals surface area contributed by atoms with Gasteiger partial charge in [0.1, 0.15) is 0 Å². The van der Waals surface area contributed by atoms with E-state index in [1.54, 1.807) is 0 Å². The van der Waals surface area contributed by atoms with Crippen molar-refractivity contribution in [3.8, 4) is 0 Å². The summed E-state index contributed by atoms with van der Waals surface area (Å²) < 4.78 is 0. The van der Waals surface area contributed by atoms with Crippen molar-refractivity contribution in [2.75, 3.05) is 13.1 Å². The molecule has 0 saturated heterocycles. The summed E-state index contributed by atoms with van der Waals surface area (Å²) in [6, 6.07) is 0. The van der Waals surface area contributed by atoms with Crippen LogP contribution in [0.2, 0.25) is 0 Å². The van der Waals surface area contributed by atoms with Gasteiger partial charge in [0.05, 0.1) is 0 Å². The van der Waals surface area contributed by atoms with Gasteiger partial charge in [-0.3, -0.25) is 0 Å². The molecule has 0 heterocycles. The van der Waals surface area contributed by atoms with E-state index >= 15 is 0 Å². The van der Waals surface area contributed by atoms with Crippen molar-refractivity contribution >= 4 is 0 Å². The fourth-order valence-corrected chi connectivity index (χ4v) is 1.53. The van der Waals surface area contributed by atoms with Crippen LogP contribution < -0.4 is 11.1 Å². The molecule has 0 rings (SSSR count). The van der Waals surface area contributed by atoms with Crippen LogP contribution in [0.4, 0.5) is 0 Å². The molecular weight excluding hydrogens is 184 g/mol. The lowest BCUT2D eigenvalue weighted by Crippen LogP contribution is -2.38. The normalized spacial score (nSPS) is 12.0. The molecular formula is C13H30N2. The molecule has 0 radical (unpaired) electrons. The summed E-state index contributed by atoms with van der Waals surface area (Å²) >= 11 is 0. The average molecular weight is 214 g/mol. The Labute approximate surface area is 96.0 Å². The Morgan fingerprint density at radius 2 is 1.47 bits per heavy atom. The standard InChI is InChI=1S/C13H30N2/c1-4-13(2,3)15-12-10-8-6-5-7-9-11-14/h15H,4-12,14H2,1-3H3. The maximum absolute atomic E-state index is 5.44. The molecule has 2 nitrogen and oxygen atoms in total. The van der Waals surface area contributed by atoms with Crippen molar-refractivity contribution in [3.63, 3.8) is 0 Å². The Bertz CT molecular complexity index is 132. The van der Waals surface area contributed by atoms with Gasteiger partial charge in [-0.1, -0.05) is 32.6 Å². The first-order valence-corrected chi connectivity index (χ1v) is 6.57. The zero-order chi connectivity index (χ0) is 11.6. The topological polar surface area (TPSA) is 38.0 Å². The molecule has 0 aliphatic carbocycles. The lowest BCUT2D eigenvalue weighted by Gasteiger charge is -2.24. The van der Waals surface area contributed by atoms with Crippen LogP contribution in [0.3, 0.4) is 0 Å². The third kappa shape index (κ3) is 10.2. The van der Waals surface area contributed by atoms with Crippen molar-refractivity contribution < 1.29 is 0 Å². The average Bonchev–Trinajstić information content (AvgIpc) is 2.22. The van der Waals surface area contributed by atoms with Crippen molar-refractivity contribution in [2.24, 2.45) is 5.73 Å². The second-order valence-electron chi connectivity index (χ2n) is 5.07. The van der Waals surface area contributed by atoms with Gasteiger partial charge in [0.2, 0.25) is 0 Å². The minimum atomic E-state index is 0.319.